The van der Waals surface area contributed by atoms with Gasteiger partial charge in [-0.1, -0.05) is 12.1 Å². The summed E-state index contributed by atoms with van der Waals surface area (Å²) in [6.07, 6.45) is 0.632. The summed E-state index contributed by atoms with van der Waals surface area (Å²) in [6, 6.07) is 4.67. The predicted molar refractivity (Wildman–Crippen MR) is 65.5 cm³/mol. The van der Waals surface area contributed by atoms with Crippen LogP contribution in [0.15, 0.2) is 18.2 Å². The van der Waals surface area contributed by atoms with Gasteiger partial charge in [-0.3, -0.25) is 14.9 Å². The van der Waals surface area contributed by atoms with E-state index in [1.807, 2.05) is 0 Å². The molecular weight excluding hydrogens is 244 g/mol. The molecule has 0 saturated carbocycles. The van der Waals surface area contributed by atoms with Crippen molar-refractivity contribution in [3.63, 3.8) is 0 Å². The van der Waals surface area contributed by atoms with Gasteiger partial charge in [-0.2, -0.15) is 0 Å². The smallest absolute Gasteiger partial charge is 0.285 e. The second-order valence-corrected chi connectivity index (χ2v) is 3.90. The van der Waals surface area contributed by atoms with Gasteiger partial charge in [0.05, 0.1) is 4.92 Å². The molecule has 0 saturated heterocycles. The molecule has 0 unspecified atom stereocenters. The van der Waals surface area contributed by atoms with E-state index in [0.29, 0.717) is 24.4 Å². The van der Waals surface area contributed by atoms with E-state index in [9.17, 15) is 14.9 Å². The Morgan fingerprint density at radius 2 is 2.24 bits per heavy atom. The first-order chi connectivity index (χ1) is 8.07. The second-order valence-electron chi connectivity index (χ2n) is 3.53. The van der Waals surface area contributed by atoms with Gasteiger partial charge in [0.1, 0.15) is 5.56 Å². The first-order valence-electron chi connectivity index (χ1n) is 5.16. The maximum absolute atomic E-state index is 11.7. The van der Waals surface area contributed by atoms with Crippen LogP contribution in [0.5, 0.6) is 0 Å². The molecule has 0 radical (unpaired) electrons. The number of rotatable bonds is 5. The Hall–Kier alpha value is -1.62. The second kappa shape index (κ2) is 6.20. The predicted octanol–water partition coefficient (Wildman–Crippen LogP) is 2.26. The molecule has 1 rings (SSSR count). The molecule has 1 aromatic rings. The summed E-state index contributed by atoms with van der Waals surface area (Å²) in [5.41, 5.74) is 0.417. The van der Waals surface area contributed by atoms with E-state index >= 15 is 0 Å². The first-order valence-corrected chi connectivity index (χ1v) is 5.69. The minimum absolute atomic E-state index is 0.0876. The summed E-state index contributed by atoms with van der Waals surface area (Å²) < 4.78 is 0. The average molecular weight is 257 g/mol. The van der Waals surface area contributed by atoms with Crippen molar-refractivity contribution in [2.24, 2.45) is 0 Å². The van der Waals surface area contributed by atoms with E-state index in [1.165, 1.54) is 6.07 Å². The van der Waals surface area contributed by atoms with Crippen LogP contribution in [0.3, 0.4) is 0 Å². The summed E-state index contributed by atoms with van der Waals surface area (Å²) in [7, 11) is 0. The number of para-hydroxylation sites is 1. The highest BCUT2D eigenvalue weighted by Gasteiger charge is 2.21. The number of alkyl halides is 1. The summed E-state index contributed by atoms with van der Waals surface area (Å²) in [4.78, 5) is 22.1. The van der Waals surface area contributed by atoms with E-state index in [1.54, 1.807) is 19.1 Å². The van der Waals surface area contributed by atoms with Gasteiger partial charge in [0, 0.05) is 18.0 Å². The lowest BCUT2D eigenvalue weighted by Gasteiger charge is -2.06. The number of nitrogens with zero attached hydrogens (tertiary/aromatic N) is 1. The summed E-state index contributed by atoms with van der Waals surface area (Å²) in [6.45, 7) is 2.01. The molecule has 0 bridgehead atoms. The number of nitro benzene ring substituents is 1. The summed E-state index contributed by atoms with van der Waals surface area (Å²) in [5, 5.41) is 13.5. The molecule has 92 valence electrons. The third-order valence-electron chi connectivity index (χ3n) is 2.26. The number of nitro groups is 1. The minimum Gasteiger partial charge on any atom is -0.352 e. The summed E-state index contributed by atoms with van der Waals surface area (Å²) in [5.74, 6) is 0.00133. The standard InChI is InChI=1S/C11H13ClN2O3/c1-8-4-2-5-9(10(8)14(16)17)11(15)13-7-3-6-12/h2,4-5H,3,6-7H2,1H3,(H,13,15). The molecule has 1 amide bonds. The molecular formula is C11H13ClN2O3. The maximum Gasteiger partial charge on any atom is 0.285 e. The van der Waals surface area contributed by atoms with Gasteiger partial charge in [-0.25, -0.2) is 0 Å². The van der Waals surface area contributed by atoms with Crippen LogP contribution in [0.1, 0.15) is 22.3 Å². The zero-order valence-corrected chi connectivity index (χ0v) is 10.2. The number of carbonyl (C=O) groups excluding carboxylic acids is 1. The van der Waals surface area contributed by atoms with E-state index in [4.69, 9.17) is 11.6 Å². The van der Waals surface area contributed by atoms with E-state index in [-0.39, 0.29) is 11.3 Å². The molecule has 5 nitrogen and oxygen atoms in total. The van der Waals surface area contributed by atoms with Gasteiger partial charge >= 0.3 is 0 Å². The highest BCUT2D eigenvalue weighted by atomic mass is 35.5. The van der Waals surface area contributed by atoms with Crippen LogP contribution in [0, 0.1) is 17.0 Å². The van der Waals surface area contributed by atoms with Crippen molar-refractivity contribution < 1.29 is 9.72 Å². The van der Waals surface area contributed by atoms with Crippen LogP contribution >= 0.6 is 11.6 Å². The zero-order valence-electron chi connectivity index (χ0n) is 9.40. The van der Waals surface area contributed by atoms with Crippen LogP contribution in [0.25, 0.3) is 0 Å². The normalized spacial score (nSPS) is 10.0. The Bertz CT molecular complexity index is 435. The average Bonchev–Trinajstić information content (AvgIpc) is 2.28. The number of hydrogen-bond acceptors (Lipinski definition) is 3. The fourth-order valence-electron chi connectivity index (χ4n) is 1.45. The van der Waals surface area contributed by atoms with Crippen LogP contribution in [-0.2, 0) is 0 Å². The van der Waals surface area contributed by atoms with Crippen molar-refractivity contribution in [3.05, 3.63) is 39.4 Å². The Morgan fingerprint density at radius 1 is 1.53 bits per heavy atom. The Kier molecular flexibility index (Phi) is 4.90. The van der Waals surface area contributed by atoms with Gasteiger partial charge in [0.25, 0.3) is 11.6 Å². The van der Waals surface area contributed by atoms with Gasteiger partial charge in [-0.05, 0) is 19.4 Å². The molecule has 0 atom stereocenters. The number of carbonyl (C=O) groups is 1. The lowest BCUT2D eigenvalue weighted by molar-refractivity contribution is -0.385. The monoisotopic (exact) mass is 256 g/mol. The number of aryl methyl sites for hydroxylation is 1. The van der Waals surface area contributed by atoms with Crippen LogP contribution in [-0.4, -0.2) is 23.3 Å². The third kappa shape index (κ3) is 3.42. The number of benzene rings is 1. The highest BCUT2D eigenvalue weighted by molar-refractivity contribution is 6.17. The topological polar surface area (TPSA) is 72.2 Å². The molecule has 0 aliphatic heterocycles. The number of amides is 1. The van der Waals surface area contributed by atoms with Crippen molar-refractivity contribution >= 4 is 23.2 Å². The SMILES string of the molecule is Cc1cccc(C(=O)NCCCCl)c1[N+](=O)[O-]. The van der Waals surface area contributed by atoms with Gasteiger partial charge in [-0.15, -0.1) is 11.6 Å². The van der Waals surface area contributed by atoms with Gasteiger partial charge in [0.15, 0.2) is 0 Å². The van der Waals surface area contributed by atoms with E-state index in [2.05, 4.69) is 5.32 Å². The van der Waals surface area contributed by atoms with Crippen LogP contribution in [0.4, 0.5) is 5.69 Å². The van der Waals surface area contributed by atoms with E-state index < -0.39 is 10.8 Å². The molecule has 6 heteroatoms. The van der Waals surface area contributed by atoms with Crippen molar-refractivity contribution in [3.8, 4) is 0 Å². The molecule has 0 aromatic heterocycles. The van der Waals surface area contributed by atoms with Gasteiger partial charge < -0.3 is 5.32 Å². The molecule has 0 spiro atoms. The molecule has 17 heavy (non-hydrogen) atoms. The number of hydrogen-bond donors (Lipinski definition) is 1. The molecule has 1 aromatic carbocycles. The highest BCUT2D eigenvalue weighted by Crippen LogP contribution is 2.22. The molecule has 1 N–H and O–H groups in total. The van der Waals surface area contributed by atoms with Gasteiger partial charge in [0.2, 0.25) is 0 Å². The third-order valence-corrected chi connectivity index (χ3v) is 2.53. The zero-order chi connectivity index (χ0) is 12.8. The lowest BCUT2D eigenvalue weighted by Crippen LogP contribution is -2.25. The molecule has 0 aliphatic carbocycles. The van der Waals surface area contributed by atoms with Crippen molar-refractivity contribution in [1.82, 2.24) is 5.32 Å². The molecule has 0 heterocycles. The van der Waals surface area contributed by atoms with Crippen molar-refractivity contribution in [1.29, 1.82) is 0 Å². The van der Waals surface area contributed by atoms with Crippen LogP contribution < -0.4 is 5.32 Å². The largest absolute Gasteiger partial charge is 0.352 e. The Balaban J connectivity index is 2.93. The Labute approximate surface area is 104 Å². The van der Waals surface area contributed by atoms with E-state index in [0.717, 1.165) is 0 Å². The molecule has 0 fully saturated rings. The number of nitrogens with one attached hydrogen (secondary N) is 1. The maximum atomic E-state index is 11.7. The summed E-state index contributed by atoms with van der Waals surface area (Å²) >= 11 is 5.48. The minimum atomic E-state index is -0.536. The van der Waals surface area contributed by atoms with Crippen molar-refractivity contribution in [2.45, 2.75) is 13.3 Å². The Morgan fingerprint density at radius 3 is 2.82 bits per heavy atom. The van der Waals surface area contributed by atoms with Crippen molar-refractivity contribution in [2.75, 3.05) is 12.4 Å². The quantitative estimate of drug-likeness (QED) is 0.380. The molecule has 0 aliphatic rings. The number of halogens is 1. The van der Waals surface area contributed by atoms with Crippen LogP contribution in [0.2, 0.25) is 0 Å². The fraction of sp³-hybridized carbons (Fsp3) is 0.364. The fourth-order valence-corrected chi connectivity index (χ4v) is 1.58. The first kappa shape index (κ1) is 13.4. The lowest BCUT2D eigenvalue weighted by atomic mass is 10.1.